The Balaban J connectivity index is 1.38. The lowest BCUT2D eigenvalue weighted by molar-refractivity contribution is 0.0662. The van der Waals surface area contributed by atoms with Gasteiger partial charge in [-0.25, -0.2) is 9.78 Å². The minimum absolute atomic E-state index is 0.107. The topological polar surface area (TPSA) is 90.5 Å². The van der Waals surface area contributed by atoms with Gasteiger partial charge in [-0.2, -0.15) is 0 Å². The van der Waals surface area contributed by atoms with E-state index in [1.165, 1.54) is 0 Å². The van der Waals surface area contributed by atoms with Crippen LogP contribution in [0.25, 0.3) is 11.0 Å². The Morgan fingerprint density at radius 3 is 2.44 bits per heavy atom. The van der Waals surface area contributed by atoms with E-state index in [0.717, 1.165) is 42.3 Å². The number of ether oxygens (including phenoxy) is 1. The van der Waals surface area contributed by atoms with E-state index < -0.39 is 11.5 Å². The molecule has 7 heteroatoms. The van der Waals surface area contributed by atoms with Gasteiger partial charge in [0.1, 0.15) is 11.2 Å². The summed E-state index contributed by atoms with van der Waals surface area (Å²) in [4.78, 5) is 31.1. The van der Waals surface area contributed by atoms with Crippen LogP contribution in [0.4, 0.5) is 4.79 Å². The first kappa shape index (κ1) is 20.5. The highest BCUT2D eigenvalue weighted by Crippen LogP contribution is 2.45. The Kier molecular flexibility index (Phi) is 4.92. The largest absolute Gasteiger partial charge is 0.441 e. The van der Waals surface area contributed by atoms with E-state index in [0.29, 0.717) is 5.56 Å². The lowest BCUT2D eigenvalue weighted by Gasteiger charge is -2.38. The number of rotatable bonds is 4. The zero-order valence-corrected chi connectivity index (χ0v) is 18.4. The molecule has 0 bridgehead atoms. The van der Waals surface area contributed by atoms with E-state index in [4.69, 9.17) is 10.5 Å². The first-order valence-corrected chi connectivity index (χ1v) is 11.2. The van der Waals surface area contributed by atoms with Crippen molar-refractivity contribution in [3.63, 3.8) is 0 Å². The molecule has 2 fully saturated rings. The molecule has 1 aliphatic carbocycles. The van der Waals surface area contributed by atoms with Crippen LogP contribution < -0.4 is 5.73 Å². The van der Waals surface area contributed by atoms with Crippen molar-refractivity contribution in [3.8, 4) is 0 Å². The Morgan fingerprint density at radius 1 is 1.06 bits per heavy atom. The Hall–Kier alpha value is -3.35. The van der Waals surface area contributed by atoms with E-state index in [9.17, 15) is 9.59 Å². The SMILES string of the molecule is CC1(C)OC(=O)N(C2CCC(n3ccc4c(C(N)=O)ccnc43)CC2)[C@H]1c1ccccc1. The standard InChI is InChI=1S/C25H28N4O3/c1-25(2)21(16-6-4-3-5-7-16)29(24(31)32-25)18-10-8-17(9-11-18)28-15-13-20-19(22(26)30)12-14-27-23(20)28/h3-7,12-15,17-18,21H,8-11H2,1-2H3,(H2,26,30)/t17?,18?,21-/m0/s1. The van der Waals surface area contributed by atoms with Gasteiger partial charge < -0.3 is 15.0 Å². The maximum absolute atomic E-state index is 12.9. The first-order valence-electron chi connectivity index (χ1n) is 11.2. The quantitative estimate of drug-likeness (QED) is 0.653. The van der Waals surface area contributed by atoms with Gasteiger partial charge in [0.15, 0.2) is 0 Å². The fraction of sp³-hybridized carbons (Fsp3) is 0.400. The molecule has 3 heterocycles. The van der Waals surface area contributed by atoms with Crippen molar-refractivity contribution in [2.45, 2.75) is 63.3 Å². The van der Waals surface area contributed by atoms with Crippen molar-refractivity contribution in [2.75, 3.05) is 0 Å². The average Bonchev–Trinajstić information content (AvgIpc) is 3.31. The molecule has 1 saturated heterocycles. The Labute approximate surface area is 187 Å². The van der Waals surface area contributed by atoms with Crippen LogP contribution >= 0.6 is 0 Å². The molecule has 2 aromatic heterocycles. The summed E-state index contributed by atoms with van der Waals surface area (Å²) in [5.74, 6) is -0.444. The molecule has 0 unspecified atom stereocenters. The van der Waals surface area contributed by atoms with E-state index in [1.807, 2.05) is 49.2 Å². The number of amides is 2. The van der Waals surface area contributed by atoms with Crippen molar-refractivity contribution in [2.24, 2.45) is 5.73 Å². The maximum atomic E-state index is 12.9. The summed E-state index contributed by atoms with van der Waals surface area (Å²) in [5.41, 5.74) is 7.33. The molecule has 2 aliphatic rings. The number of benzene rings is 1. The predicted molar refractivity (Wildman–Crippen MR) is 121 cm³/mol. The Bertz CT molecular complexity index is 1160. The van der Waals surface area contributed by atoms with Gasteiger partial charge in [-0.1, -0.05) is 30.3 Å². The molecule has 32 heavy (non-hydrogen) atoms. The zero-order chi connectivity index (χ0) is 22.5. The number of carbonyl (C=O) groups is 2. The normalized spacial score (nSPS) is 25.1. The van der Waals surface area contributed by atoms with Crippen molar-refractivity contribution in [1.29, 1.82) is 0 Å². The lowest BCUT2D eigenvalue weighted by atomic mass is 9.86. The third-order valence-electron chi connectivity index (χ3n) is 6.95. The molecular formula is C25H28N4O3. The molecule has 1 saturated carbocycles. The van der Waals surface area contributed by atoms with Crippen LogP contribution in [0.5, 0.6) is 0 Å². The molecule has 2 N–H and O–H groups in total. The third-order valence-corrected chi connectivity index (χ3v) is 6.95. The van der Waals surface area contributed by atoms with Crippen LogP contribution in [-0.2, 0) is 4.74 Å². The van der Waals surface area contributed by atoms with Crippen molar-refractivity contribution in [3.05, 3.63) is 66.0 Å². The highest BCUT2D eigenvalue weighted by atomic mass is 16.6. The molecule has 166 valence electrons. The lowest BCUT2D eigenvalue weighted by Crippen LogP contribution is -2.42. The summed E-state index contributed by atoms with van der Waals surface area (Å²) >= 11 is 0. The highest BCUT2D eigenvalue weighted by molar-refractivity contribution is 6.04. The summed E-state index contributed by atoms with van der Waals surface area (Å²) < 4.78 is 7.95. The number of hydrogen-bond donors (Lipinski definition) is 1. The van der Waals surface area contributed by atoms with E-state index in [-0.39, 0.29) is 24.2 Å². The third kappa shape index (κ3) is 3.32. The molecule has 0 radical (unpaired) electrons. The van der Waals surface area contributed by atoms with E-state index in [1.54, 1.807) is 12.3 Å². The zero-order valence-electron chi connectivity index (χ0n) is 18.4. The predicted octanol–water partition coefficient (Wildman–Crippen LogP) is 4.59. The number of nitrogens with zero attached hydrogens (tertiary/aromatic N) is 3. The summed E-state index contributed by atoms with van der Waals surface area (Å²) in [6, 6.07) is 14.0. The van der Waals surface area contributed by atoms with Gasteiger partial charge in [0.05, 0.1) is 11.6 Å². The van der Waals surface area contributed by atoms with Crippen LogP contribution in [0.15, 0.2) is 54.9 Å². The number of aromatic nitrogens is 2. The number of nitrogens with two attached hydrogens (primary N) is 1. The molecule has 1 aliphatic heterocycles. The molecule has 1 aromatic carbocycles. The Morgan fingerprint density at radius 2 is 1.75 bits per heavy atom. The van der Waals surface area contributed by atoms with Crippen LogP contribution in [-0.4, -0.2) is 38.1 Å². The number of cyclic esters (lactones) is 1. The summed E-state index contributed by atoms with van der Waals surface area (Å²) in [7, 11) is 0. The van der Waals surface area contributed by atoms with Gasteiger partial charge in [0, 0.05) is 29.9 Å². The first-order chi connectivity index (χ1) is 15.4. The maximum Gasteiger partial charge on any atom is 0.411 e. The average molecular weight is 433 g/mol. The van der Waals surface area contributed by atoms with Gasteiger partial charge in [-0.15, -0.1) is 0 Å². The number of carbonyl (C=O) groups excluding carboxylic acids is 2. The summed E-state index contributed by atoms with van der Waals surface area (Å²) in [6.07, 6.45) is 7.01. The molecule has 5 rings (SSSR count). The van der Waals surface area contributed by atoms with Gasteiger partial charge >= 0.3 is 6.09 Å². The van der Waals surface area contributed by atoms with Gasteiger partial charge in [0.2, 0.25) is 5.91 Å². The molecule has 0 spiro atoms. The molecular weight excluding hydrogens is 404 g/mol. The fourth-order valence-electron chi connectivity index (χ4n) is 5.51. The minimum Gasteiger partial charge on any atom is -0.441 e. The van der Waals surface area contributed by atoms with Gasteiger partial charge in [-0.05, 0) is 57.2 Å². The number of hydrogen-bond acceptors (Lipinski definition) is 4. The smallest absolute Gasteiger partial charge is 0.411 e. The van der Waals surface area contributed by atoms with Gasteiger partial charge in [0.25, 0.3) is 0 Å². The van der Waals surface area contributed by atoms with E-state index >= 15 is 0 Å². The van der Waals surface area contributed by atoms with Crippen LogP contribution in [0, 0.1) is 0 Å². The summed E-state index contributed by atoms with van der Waals surface area (Å²) in [5, 5.41) is 0.788. The molecule has 3 aromatic rings. The molecule has 7 nitrogen and oxygen atoms in total. The number of primary amides is 1. The van der Waals surface area contributed by atoms with Crippen molar-refractivity contribution < 1.29 is 14.3 Å². The van der Waals surface area contributed by atoms with E-state index in [2.05, 4.69) is 21.7 Å². The molecule has 1 atom stereocenters. The number of pyridine rings is 1. The fourth-order valence-corrected chi connectivity index (χ4v) is 5.51. The van der Waals surface area contributed by atoms with Crippen LogP contribution in [0.1, 0.15) is 67.5 Å². The van der Waals surface area contributed by atoms with Crippen molar-refractivity contribution in [1.82, 2.24) is 14.5 Å². The molecule has 2 amide bonds. The van der Waals surface area contributed by atoms with Crippen LogP contribution in [0.2, 0.25) is 0 Å². The number of fused-ring (bicyclic) bond motifs is 1. The monoisotopic (exact) mass is 432 g/mol. The minimum atomic E-state index is -0.582. The van der Waals surface area contributed by atoms with Gasteiger partial charge in [-0.3, -0.25) is 9.69 Å². The second kappa shape index (κ2) is 7.65. The highest BCUT2D eigenvalue weighted by Gasteiger charge is 2.51. The second-order valence-corrected chi connectivity index (χ2v) is 9.34. The van der Waals surface area contributed by atoms with Crippen molar-refractivity contribution >= 4 is 23.0 Å². The second-order valence-electron chi connectivity index (χ2n) is 9.34. The van der Waals surface area contributed by atoms with Crippen LogP contribution in [0.3, 0.4) is 0 Å². The summed E-state index contributed by atoms with van der Waals surface area (Å²) in [6.45, 7) is 3.98.